The fourth-order valence-electron chi connectivity index (χ4n) is 3.96. The molecule has 1 saturated heterocycles. The molecule has 1 aliphatic heterocycles. The fraction of sp³-hybridized carbons (Fsp3) is 0.458. The second-order valence-electron chi connectivity index (χ2n) is 7.96. The van der Waals surface area contributed by atoms with Crippen LogP contribution in [0.3, 0.4) is 0 Å². The number of methoxy groups -OCH3 is 1. The number of hydrogen-bond donors (Lipinski definition) is 1. The molecular formula is C24H31N5O2. The van der Waals surface area contributed by atoms with Crippen LogP contribution in [-0.2, 0) is 19.3 Å². The van der Waals surface area contributed by atoms with Crippen LogP contribution in [0.1, 0.15) is 42.0 Å². The summed E-state index contributed by atoms with van der Waals surface area (Å²) >= 11 is 0. The van der Waals surface area contributed by atoms with Gasteiger partial charge in [0.25, 0.3) is 0 Å². The molecule has 2 aromatic heterocycles. The van der Waals surface area contributed by atoms with Crippen LogP contribution in [0.25, 0.3) is 0 Å². The first-order valence-electron chi connectivity index (χ1n) is 11.1. The Morgan fingerprint density at radius 2 is 1.94 bits per heavy atom. The zero-order valence-electron chi connectivity index (χ0n) is 18.2. The van der Waals surface area contributed by atoms with Crippen LogP contribution in [0.5, 0.6) is 11.5 Å². The summed E-state index contributed by atoms with van der Waals surface area (Å²) in [7, 11) is 1.68. The van der Waals surface area contributed by atoms with Crippen LogP contribution in [0.2, 0.25) is 0 Å². The highest BCUT2D eigenvalue weighted by molar-refractivity contribution is 5.43. The maximum Gasteiger partial charge on any atom is 0.161 e. The van der Waals surface area contributed by atoms with Crippen molar-refractivity contribution in [2.24, 2.45) is 0 Å². The Morgan fingerprint density at radius 3 is 2.74 bits per heavy atom. The molecule has 0 spiro atoms. The normalized spacial score (nSPS) is 14.1. The third kappa shape index (κ3) is 6.28. The van der Waals surface area contributed by atoms with Gasteiger partial charge in [0, 0.05) is 36.7 Å². The van der Waals surface area contributed by atoms with E-state index in [-0.39, 0.29) is 0 Å². The van der Waals surface area contributed by atoms with Crippen molar-refractivity contribution in [3.8, 4) is 11.5 Å². The first kappa shape index (κ1) is 21.3. The fourth-order valence-corrected chi connectivity index (χ4v) is 3.96. The number of benzene rings is 1. The van der Waals surface area contributed by atoms with Crippen molar-refractivity contribution in [2.45, 2.75) is 38.5 Å². The van der Waals surface area contributed by atoms with E-state index in [2.05, 4.69) is 32.2 Å². The molecule has 1 aliphatic rings. The molecule has 0 unspecified atom stereocenters. The monoisotopic (exact) mass is 421 g/mol. The van der Waals surface area contributed by atoms with Gasteiger partial charge in [-0.15, -0.1) is 0 Å². The topological polar surface area (TPSA) is 76.2 Å². The van der Waals surface area contributed by atoms with Crippen molar-refractivity contribution in [1.82, 2.24) is 25.1 Å². The Balaban J connectivity index is 1.34. The van der Waals surface area contributed by atoms with Crippen molar-refractivity contribution >= 4 is 0 Å². The molecule has 7 heteroatoms. The number of H-pyrrole nitrogens is 1. The molecule has 164 valence electrons. The van der Waals surface area contributed by atoms with Crippen LogP contribution in [0.15, 0.2) is 42.7 Å². The van der Waals surface area contributed by atoms with Crippen molar-refractivity contribution in [3.05, 3.63) is 65.5 Å². The third-order valence-electron chi connectivity index (χ3n) is 5.64. The molecule has 31 heavy (non-hydrogen) atoms. The van der Waals surface area contributed by atoms with Gasteiger partial charge in [-0.2, -0.15) is 5.10 Å². The molecule has 0 aliphatic carbocycles. The first-order chi connectivity index (χ1) is 15.3. The summed E-state index contributed by atoms with van der Waals surface area (Å²) in [6.07, 6.45) is 9.67. The molecule has 0 saturated carbocycles. The number of likely N-dealkylation sites (tertiary alicyclic amines) is 1. The maximum atomic E-state index is 6.07. The molecule has 1 N–H and O–H groups in total. The second kappa shape index (κ2) is 10.9. The van der Waals surface area contributed by atoms with E-state index >= 15 is 0 Å². The van der Waals surface area contributed by atoms with Crippen LogP contribution >= 0.6 is 0 Å². The van der Waals surface area contributed by atoms with Crippen LogP contribution in [0, 0.1) is 0 Å². The van der Waals surface area contributed by atoms with E-state index in [9.17, 15) is 0 Å². The number of nitrogens with one attached hydrogen (secondary N) is 1. The molecule has 3 aromatic rings. The van der Waals surface area contributed by atoms with Gasteiger partial charge in [0.15, 0.2) is 11.5 Å². The zero-order chi connectivity index (χ0) is 21.3. The van der Waals surface area contributed by atoms with E-state index in [0.717, 1.165) is 60.1 Å². The van der Waals surface area contributed by atoms with Crippen LogP contribution < -0.4 is 9.47 Å². The Bertz CT molecular complexity index is 939. The lowest BCUT2D eigenvalue weighted by molar-refractivity contribution is 0.254. The summed E-state index contributed by atoms with van der Waals surface area (Å²) in [4.78, 5) is 11.7. The number of nitrogens with zero attached hydrogens (tertiary/aromatic N) is 4. The SMILES string of the molecule is COc1ccc(Cc2nccc(CCc3ccn[nH]3)n2)cc1OCCCN1CCCC1. The maximum absolute atomic E-state index is 6.07. The average molecular weight is 422 g/mol. The minimum absolute atomic E-state index is 0.659. The smallest absolute Gasteiger partial charge is 0.161 e. The molecule has 1 fully saturated rings. The summed E-state index contributed by atoms with van der Waals surface area (Å²) < 4.78 is 11.6. The lowest BCUT2D eigenvalue weighted by Gasteiger charge is -2.16. The highest BCUT2D eigenvalue weighted by Gasteiger charge is 2.12. The third-order valence-corrected chi connectivity index (χ3v) is 5.64. The predicted octanol–water partition coefficient (Wildman–Crippen LogP) is 3.45. The second-order valence-corrected chi connectivity index (χ2v) is 7.96. The van der Waals surface area contributed by atoms with E-state index in [1.807, 2.05) is 24.4 Å². The number of aryl methyl sites for hydroxylation is 2. The number of hydrogen-bond acceptors (Lipinski definition) is 6. The number of rotatable bonds is 11. The van der Waals surface area contributed by atoms with Gasteiger partial charge in [0.1, 0.15) is 5.82 Å². The Hall–Kier alpha value is -2.93. The van der Waals surface area contributed by atoms with Gasteiger partial charge in [-0.05, 0) is 75.0 Å². The summed E-state index contributed by atoms with van der Waals surface area (Å²) in [6.45, 7) is 4.23. The number of ether oxygens (including phenoxy) is 2. The molecule has 0 bridgehead atoms. The molecule has 3 heterocycles. The lowest BCUT2D eigenvalue weighted by atomic mass is 10.1. The van der Waals surface area contributed by atoms with Gasteiger partial charge >= 0.3 is 0 Å². The molecule has 1 aromatic carbocycles. The van der Waals surface area contributed by atoms with Gasteiger partial charge in [-0.25, -0.2) is 9.97 Å². The van der Waals surface area contributed by atoms with Crippen LogP contribution in [0.4, 0.5) is 0 Å². The van der Waals surface area contributed by atoms with Gasteiger partial charge in [0.05, 0.1) is 13.7 Å². The highest BCUT2D eigenvalue weighted by atomic mass is 16.5. The lowest BCUT2D eigenvalue weighted by Crippen LogP contribution is -2.21. The number of aromatic nitrogens is 4. The largest absolute Gasteiger partial charge is 0.493 e. The van der Waals surface area contributed by atoms with Crippen molar-refractivity contribution in [3.63, 3.8) is 0 Å². The van der Waals surface area contributed by atoms with Gasteiger partial charge in [0.2, 0.25) is 0 Å². The van der Waals surface area contributed by atoms with E-state index in [4.69, 9.17) is 14.5 Å². The number of aromatic amines is 1. The standard InChI is InChI=1S/C24H31N5O2/c1-30-22-8-5-19(17-23(22)31-16-4-15-29-13-2-3-14-29)18-24-25-11-9-20(27-24)6-7-21-10-12-26-28-21/h5,8-12,17H,2-4,6-7,13-16,18H2,1H3,(H,26,28). The minimum atomic E-state index is 0.659. The molecule has 7 nitrogen and oxygen atoms in total. The Labute approximate surface area is 183 Å². The first-order valence-corrected chi connectivity index (χ1v) is 11.1. The minimum Gasteiger partial charge on any atom is -0.493 e. The molecule has 0 radical (unpaired) electrons. The predicted molar refractivity (Wildman–Crippen MR) is 120 cm³/mol. The Kier molecular flexibility index (Phi) is 7.50. The van der Waals surface area contributed by atoms with Gasteiger partial charge in [-0.3, -0.25) is 5.10 Å². The Morgan fingerprint density at radius 1 is 1.03 bits per heavy atom. The summed E-state index contributed by atoms with van der Waals surface area (Å²) in [5.74, 6) is 2.36. The summed E-state index contributed by atoms with van der Waals surface area (Å²) in [6, 6.07) is 10.0. The molecular weight excluding hydrogens is 390 g/mol. The summed E-state index contributed by atoms with van der Waals surface area (Å²) in [5, 5.41) is 6.99. The van der Waals surface area contributed by atoms with Crippen LogP contribution in [-0.4, -0.2) is 58.4 Å². The van der Waals surface area contributed by atoms with Crippen molar-refractivity contribution in [1.29, 1.82) is 0 Å². The van der Waals surface area contributed by atoms with E-state index in [1.54, 1.807) is 13.3 Å². The molecule has 4 rings (SSSR count). The quantitative estimate of drug-likeness (QED) is 0.478. The van der Waals surface area contributed by atoms with E-state index in [1.165, 1.54) is 25.9 Å². The van der Waals surface area contributed by atoms with Crippen molar-refractivity contribution in [2.75, 3.05) is 33.4 Å². The van der Waals surface area contributed by atoms with Crippen molar-refractivity contribution < 1.29 is 9.47 Å². The summed E-state index contributed by atoms with van der Waals surface area (Å²) in [5.41, 5.74) is 3.26. The van der Waals surface area contributed by atoms with Gasteiger partial charge in [-0.1, -0.05) is 6.07 Å². The zero-order valence-corrected chi connectivity index (χ0v) is 18.2. The molecule has 0 amide bonds. The average Bonchev–Trinajstić information content (AvgIpc) is 3.50. The van der Waals surface area contributed by atoms with E-state index in [0.29, 0.717) is 13.0 Å². The van der Waals surface area contributed by atoms with E-state index < -0.39 is 0 Å². The van der Waals surface area contributed by atoms with Gasteiger partial charge < -0.3 is 14.4 Å². The molecule has 0 atom stereocenters. The highest BCUT2D eigenvalue weighted by Crippen LogP contribution is 2.29.